The fraction of sp³-hybridized carbons (Fsp3) is 0.483. The third-order valence-corrected chi connectivity index (χ3v) is 6.64. The summed E-state index contributed by atoms with van der Waals surface area (Å²) in [6.07, 6.45) is 5.19. The predicted octanol–water partition coefficient (Wildman–Crippen LogP) is 5.16. The third-order valence-electron chi connectivity index (χ3n) is 6.64. The Labute approximate surface area is 208 Å². The Bertz CT molecular complexity index is 1020. The number of hydrogen-bond donors (Lipinski definition) is 1. The van der Waals surface area contributed by atoms with Crippen molar-refractivity contribution >= 4 is 12.0 Å². The minimum absolute atomic E-state index is 0.165. The normalized spacial score (nSPS) is 18.2. The standard InChI is InChI=1S/C29H38FNO4/c1-5-34-28(33)14-13-24-9-6-8-21(3)29(24)22(4)35-19-26(32)18-31-15-7-10-25(31)16-23-12-11-20(2)27(30)17-23/h6,8-9,11-14,17,22,25-26,32H,5,7,10,15-16,18-19H2,1-4H3/b14-13+/t22?,25-,26+/m0/s1. The molecular formula is C29H38FNO4. The second kappa shape index (κ2) is 13.0. The van der Waals surface area contributed by atoms with Gasteiger partial charge in [-0.25, -0.2) is 9.18 Å². The van der Waals surface area contributed by atoms with Gasteiger partial charge in [-0.1, -0.05) is 30.3 Å². The lowest BCUT2D eigenvalue weighted by Crippen LogP contribution is -2.39. The molecule has 0 radical (unpaired) electrons. The average Bonchev–Trinajstić information content (AvgIpc) is 3.25. The van der Waals surface area contributed by atoms with Crippen molar-refractivity contribution in [1.29, 1.82) is 0 Å². The number of aliphatic hydroxyl groups is 1. The number of ether oxygens (including phenoxy) is 2. The second-order valence-electron chi connectivity index (χ2n) is 9.37. The highest BCUT2D eigenvalue weighted by atomic mass is 19.1. The highest BCUT2D eigenvalue weighted by Gasteiger charge is 2.27. The van der Waals surface area contributed by atoms with Gasteiger partial charge in [0.05, 0.1) is 25.4 Å². The molecule has 1 saturated heterocycles. The Morgan fingerprint density at radius 1 is 1.26 bits per heavy atom. The molecule has 0 spiro atoms. The molecule has 3 atom stereocenters. The van der Waals surface area contributed by atoms with Crippen LogP contribution in [0.5, 0.6) is 0 Å². The van der Waals surface area contributed by atoms with E-state index in [1.54, 1.807) is 26.0 Å². The lowest BCUT2D eigenvalue weighted by atomic mass is 9.97. The molecular weight excluding hydrogens is 445 g/mol. The first-order valence-electron chi connectivity index (χ1n) is 12.5. The first kappa shape index (κ1) is 27.1. The molecule has 1 aliphatic heterocycles. The van der Waals surface area contributed by atoms with E-state index >= 15 is 0 Å². The number of carbonyl (C=O) groups excluding carboxylic acids is 1. The number of nitrogens with zero attached hydrogens (tertiary/aromatic N) is 1. The first-order valence-corrected chi connectivity index (χ1v) is 12.5. The van der Waals surface area contributed by atoms with Crippen LogP contribution in [0.25, 0.3) is 6.08 Å². The minimum atomic E-state index is -0.629. The van der Waals surface area contributed by atoms with E-state index < -0.39 is 6.10 Å². The Balaban J connectivity index is 1.57. The zero-order valence-corrected chi connectivity index (χ0v) is 21.3. The number of rotatable bonds is 11. The fourth-order valence-electron chi connectivity index (χ4n) is 4.82. The molecule has 1 unspecified atom stereocenters. The Hall–Kier alpha value is -2.54. The number of likely N-dealkylation sites (tertiary alicyclic amines) is 1. The average molecular weight is 484 g/mol. The largest absolute Gasteiger partial charge is 0.463 e. The first-order chi connectivity index (χ1) is 16.8. The topological polar surface area (TPSA) is 59.0 Å². The second-order valence-corrected chi connectivity index (χ2v) is 9.37. The van der Waals surface area contributed by atoms with Gasteiger partial charge in [0.15, 0.2) is 0 Å². The van der Waals surface area contributed by atoms with Crippen molar-refractivity contribution in [3.8, 4) is 0 Å². The van der Waals surface area contributed by atoms with Crippen LogP contribution in [0, 0.1) is 19.7 Å². The summed E-state index contributed by atoms with van der Waals surface area (Å²) < 4.78 is 25.0. The minimum Gasteiger partial charge on any atom is -0.463 e. The van der Waals surface area contributed by atoms with Gasteiger partial charge in [0.1, 0.15) is 5.82 Å². The maximum Gasteiger partial charge on any atom is 0.330 e. The van der Waals surface area contributed by atoms with Crippen molar-refractivity contribution in [2.45, 2.75) is 65.2 Å². The van der Waals surface area contributed by atoms with Crippen LogP contribution in [-0.2, 0) is 20.7 Å². The van der Waals surface area contributed by atoms with Crippen LogP contribution in [0.2, 0.25) is 0 Å². The van der Waals surface area contributed by atoms with E-state index in [9.17, 15) is 14.3 Å². The van der Waals surface area contributed by atoms with E-state index in [0.29, 0.717) is 24.8 Å². The van der Waals surface area contributed by atoms with Gasteiger partial charge in [-0.2, -0.15) is 0 Å². The zero-order valence-electron chi connectivity index (χ0n) is 21.3. The number of benzene rings is 2. The highest BCUT2D eigenvalue weighted by Crippen LogP contribution is 2.27. The molecule has 0 bridgehead atoms. The highest BCUT2D eigenvalue weighted by molar-refractivity contribution is 5.87. The zero-order chi connectivity index (χ0) is 25.4. The number of β-amino-alcohol motifs (C(OH)–C–C–N with tert-alkyl or cyclic N) is 1. The van der Waals surface area contributed by atoms with Crippen molar-refractivity contribution in [1.82, 2.24) is 4.90 Å². The molecule has 0 amide bonds. The van der Waals surface area contributed by atoms with Gasteiger partial charge in [-0.15, -0.1) is 0 Å². The number of hydrogen-bond acceptors (Lipinski definition) is 5. The van der Waals surface area contributed by atoms with E-state index in [1.807, 2.05) is 44.2 Å². The maximum absolute atomic E-state index is 14.0. The number of carbonyl (C=O) groups is 1. The quantitative estimate of drug-likeness (QED) is 0.353. The molecule has 5 nitrogen and oxygen atoms in total. The van der Waals surface area contributed by atoms with E-state index in [0.717, 1.165) is 48.1 Å². The van der Waals surface area contributed by atoms with E-state index in [2.05, 4.69) is 4.90 Å². The lowest BCUT2D eigenvalue weighted by molar-refractivity contribution is -0.137. The monoisotopic (exact) mass is 483 g/mol. The Kier molecular flexibility index (Phi) is 10.0. The summed E-state index contributed by atoms with van der Waals surface area (Å²) in [4.78, 5) is 14.0. The molecule has 1 fully saturated rings. The van der Waals surface area contributed by atoms with Crippen molar-refractivity contribution in [2.75, 3.05) is 26.3 Å². The van der Waals surface area contributed by atoms with Crippen molar-refractivity contribution in [2.24, 2.45) is 0 Å². The Morgan fingerprint density at radius 2 is 2.06 bits per heavy atom. The van der Waals surface area contributed by atoms with Crippen LogP contribution in [0.1, 0.15) is 60.6 Å². The molecule has 35 heavy (non-hydrogen) atoms. The van der Waals surface area contributed by atoms with Crippen LogP contribution in [0.4, 0.5) is 4.39 Å². The molecule has 2 aromatic carbocycles. The van der Waals surface area contributed by atoms with Gasteiger partial charge >= 0.3 is 5.97 Å². The number of aliphatic hydroxyl groups excluding tert-OH is 1. The fourth-order valence-corrected chi connectivity index (χ4v) is 4.82. The Morgan fingerprint density at radius 3 is 2.80 bits per heavy atom. The smallest absolute Gasteiger partial charge is 0.330 e. The van der Waals surface area contributed by atoms with Crippen LogP contribution in [-0.4, -0.2) is 54.4 Å². The molecule has 1 heterocycles. The van der Waals surface area contributed by atoms with E-state index in [1.165, 1.54) is 6.08 Å². The van der Waals surface area contributed by atoms with Crippen molar-refractivity contribution in [3.05, 3.63) is 76.1 Å². The van der Waals surface area contributed by atoms with E-state index in [4.69, 9.17) is 9.47 Å². The summed E-state index contributed by atoms with van der Waals surface area (Å²) in [5.74, 6) is -0.542. The summed E-state index contributed by atoms with van der Waals surface area (Å²) in [6, 6.07) is 11.6. The predicted molar refractivity (Wildman–Crippen MR) is 137 cm³/mol. The van der Waals surface area contributed by atoms with E-state index in [-0.39, 0.29) is 24.5 Å². The van der Waals surface area contributed by atoms with Crippen LogP contribution < -0.4 is 0 Å². The van der Waals surface area contributed by atoms with Crippen molar-refractivity contribution in [3.63, 3.8) is 0 Å². The maximum atomic E-state index is 14.0. The van der Waals surface area contributed by atoms with Gasteiger partial charge in [-0.3, -0.25) is 4.90 Å². The molecule has 6 heteroatoms. The van der Waals surface area contributed by atoms with Crippen LogP contribution >= 0.6 is 0 Å². The lowest BCUT2D eigenvalue weighted by Gasteiger charge is -2.28. The number of aryl methyl sites for hydroxylation is 2. The van der Waals surface area contributed by atoms with Crippen molar-refractivity contribution < 1.29 is 23.8 Å². The molecule has 2 aromatic rings. The summed E-state index contributed by atoms with van der Waals surface area (Å²) in [6.45, 7) is 9.51. The molecule has 1 aliphatic rings. The summed E-state index contributed by atoms with van der Waals surface area (Å²) >= 11 is 0. The molecule has 190 valence electrons. The molecule has 0 aliphatic carbocycles. The van der Waals surface area contributed by atoms with Gasteiger partial charge < -0.3 is 14.6 Å². The van der Waals surface area contributed by atoms with Crippen LogP contribution in [0.15, 0.2) is 42.5 Å². The molecule has 0 saturated carbocycles. The number of halogens is 1. The third kappa shape index (κ3) is 7.72. The molecule has 3 rings (SSSR count). The van der Waals surface area contributed by atoms with Gasteiger partial charge in [0, 0.05) is 18.7 Å². The molecule has 0 aromatic heterocycles. The van der Waals surface area contributed by atoms with Crippen LogP contribution in [0.3, 0.4) is 0 Å². The SMILES string of the molecule is CCOC(=O)/C=C/c1cccc(C)c1C(C)OC[C@H](O)CN1CCC[C@H]1Cc1ccc(C)c(F)c1. The summed E-state index contributed by atoms with van der Waals surface area (Å²) in [7, 11) is 0. The number of esters is 1. The summed E-state index contributed by atoms with van der Waals surface area (Å²) in [5.41, 5.74) is 4.59. The van der Waals surface area contributed by atoms with Gasteiger partial charge in [0.25, 0.3) is 0 Å². The van der Waals surface area contributed by atoms with Gasteiger partial charge in [0.2, 0.25) is 0 Å². The summed E-state index contributed by atoms with van der Waals surface area (Å²) in [5, 5.41) is 10.7. The molecule has 1 N–H and O–H groups in total. The van der Waals surface area contributed by atoms with Gasteiger partial charge in [-0.05, 0) is 93.5 Å².